The zero-order valence-corrected chi connectivity index (χ0v) is 16.4. The van der Waals surface area contributed by atoms with E-state index in [1.165, 1.54) is 0 Å². The first-order valence-electron chi connectivity index (χ1n) is 10.0. The summed E-state index contributed by atoms with van der Waals surface area (Å²) in [5.41, 5.74) is 4.96. The molecule has 0 saturated carbocycles. The Kier molecular flexibility index (Phi) is 5.25. The van der Waals surface area contributed by atoms with Crippen molar-refractivity contribution in [3.63, 3.8) is 0 Å². The van der Waals surface area contributed by atoms with E-state index in [0.29, 0.717) is 5.84 Å². The number of hydrogen-bond donors (Lipinski definition) is 4. The highest BCUT2D eigenvalue weighted by molar-refractivity contribution is 6.04. The maximum atomic E-state index is 12.6. The van der Waals surface area contributed by atoms with E-state index in [1.54, 1.807) is 30.3 Å². The number of nitrogens with zero attached hydrogens (tertiary/aromatic N) is 1. The Balaban J connectivity index is 1.57. The normalized spacial score (nSPS) is 17.7. The third-order valence-electron chi connectivity index (χ3n) is 5.33. The number of nitrogens with one attached hydrogen (secondary N) is 2. The SMILES string of the molecule is CCCC1NC2=C(CCc3cc(O)ccc32)N=C1NC(=O)Cc1ccc(O)cc1. The number of aryl methyl sites for hydroxylation is 1. The van der Waals surface area contributed by atoms with Gasteiger partial charge in [-0.05, 0) is 60.7 Å². The Morgan fingerprint density at radius 2 is 1.90 bits per heavy atom. The fraction of sp³-hybridized carbons (Fsp3) is 0.304. The molecule has 1 amide bonds. The van der Waals surface area contributed by atoms with E-state index in [0.717, 1.165) is 53.8 Å². The van der Waals surface area contributed by atoms with Crippen molar-refractivity contribution in [2.45, 2.75) is 45.1 Å². The smallest absolute Gasteiger partial charge is 0.229 e. The number of amides is 1. The summed E-state index contributed by atoms with van der Waals surface area (Å²) in [7, 11) is 0. The largest absolute Gasteiger partial charge is 0.508 e. The van der Waals surface area contributed by atoms with Crippen LogP contribution in [0.1, 0.15) is 42.9 Å². The maximum absolute atomic E-state index is 12.6. The average molecular weight is 391 g/mol. The van der Waals surface area contributed by atoms with Crippen molar-refractivity contribution in [3.8, 4) is 11.5 Å². The lowest BCUT2D eigenvalue weighted by molar-refractivity contribution is -0.119. The lowest BCUT2D eigenvalue weighted by Gasteiger charge is -2.32. The first-order chi connectivity index (χ1) is 14.0. The summed E-state index contributed by atoms with van der Waals surface area (Å²) in [5, 5.41) is 25.7. The minimum absolute atomic E-state index is 0.0673. The zero-order valence-electron chi connectivity index (χ0n) is 16.4. The number of allylic oxidation sites excluding steroid dienone is 1. The van der Waals surface area contributed by atoms with E-state index in [-0.39, 0.29) is 29.9 Å². The van der Waals surface area contributed by atoms with Crippen molar-refractivity contribution in [1.82, 2.24) is 10.6 Å². The number of fused-ring (bicyclic) bond motifs is 2. The number of amidine groups is 1. The molecule has 0 saturated heterocycles. The number of aromatic hydroxyl groups is 2. The van der Waals surface area contributed by atoms with E-state index >= 15 is 0 Å². The first-order valence-corrected chi connectivity index (χ1v) is 10.0. The number of benzene rings is 2. The molecular weight excluding hydrogens is 366 g/mol. The molecule has 6 nitrogen and oxygen atoms in total. The number of carbonyl (C=O) groups is 1. The second-order valence-electron chi connectivity index (χ2n) is 7.54. The standard InChI is InChI=1S/C23H25N3O3/c1-2-3-20-23(26-21(29)12-14-4-7-16(27)8-5-14)25-19-11-6-15-13-17(28)9-10-18(15)22(19)24-20/h4-5,7-10,13,20,24,27-28H,2-3,6,11-12H2,1H3,(H,25,26,29). The summed E-state index contributed by atoms with van der Waals surface area (Å²) in [5.74, 6) is 1.00. The highest BCUT2D eigenvalue weighted by Gasteiger charge is 2.29. The van der Waals surface area contributed by atoms with Crippen LogP contribution in [0.4, 0.5) is 0 Å². The number of aliphatic imine (C=N–C) groups is 1. The lowest BCUT2D eigenvalue weighted by Crippen LogP contribution is -2.48. The molecule has 1 heterocycles. The van der Waals surface area contributed by atoms with E-state index in [9.17, 15) is 15.0 Å². The van der Waals surface area contributed by atoms with Crippen molar-refractivity contribution in [2.24, 2.45) is 4.99 Å². The summed E-state index contributed by atoms with van der Waals surface area (Å²) in [6.45, 7) is 2.11. The summed E-state index contributed by atoms with van der Waals surface area (Å²) >= 11 is 0. The molecule has 0 spiro atoms. The Morgan fingerprint density at radius 1 is 1.14 bits per heavy atom. The van der Waals surface area contributed by atoms with E-state index < -0.39 is 0 Å². The van der Waals surface area contributed by atoms with Crippen LogP contribution in [0, 0.1) is 0 Å². The predicted molar refractivity (Wildman–Crippen MR) is 113 cm³/mol. The zero-order chi connectivity index (χ0) is 20.4. The van der Waals surface area contributed by atoms with E-state index in [2.05, 4.69) is 17.6 Å². The van der Waals surface area contributed by atoms with Crippen LogP contribution in [-0.4, -0.2) is 28.0 Å². The Bertz CT molecular complexity index is 993. The lowest BCUT2D eigenvalue weighted by atomic mass is 9.90. The number of rotatable bonds is 4. The minimum atomic E-state index is -0.123. The van der Waals surface area contributed by atoms with Gasteiger partial charge in [0.25, 0.3) is 0 Å². The molecular formula is C23H25N3O3. The molecule has 2 aromatic carbocycles. The molecule has 0 fully saturated rings. The summed E-state index contributed by atoms with van der Waals surface area (Å²) < 4.78 is 0. The van der Waals surface area contributed by atoms with Gasteiger partial charge in [-0.15, -0.1) is 0 Å². The van der Waals surface area contributed by atoms with Gasteiger partial charge in [0.05, 0.1) is 23.9 Å². The van der Waals surface area contributed by atoms with Crippen LogP contribution >= 0.6 is 0 Å². The monoisotopic (exact) mass is 391 g/mol. The fourth-order valence-electron chi connectivity index (χ4n) is 3.90. The van der Waals surface area contributed by atoms with E-state index in [4.69, 9.17) is 4.99 Å². The van der Waals surface area contributed by atoms with E-state index in [1.807, 2.05) is 12.1 Å². The van der Waals surface area contributed by atoms with Crippen LogP contribution in [0.25, 0.3) is 5.70 Å². The van der Waals surface area contributed by atoms with Crippen LogP contribution in [-0.2, 0) is 17.6 Å². The van der Waals surface area contributed by atoms with Gasteiger partial charge in [0.2, 0.25) is 5.91 Å². The Morgan fingerprint density at radius 3 is 2.66 bits per heavy atom. The summed E-state index contributed by atoms with van der Waals surface area (Å²) in [4.78, 5) is 17.4. The van der Waals surface area contributed by atoms with Crippen LogP contribution < -0.4 is 10.6 Å². The molecule has 0 aromatic heterocycles. The summed E-state index contributed by atoms with van der Waals surface area (Å²) in [6, 6.07) is 12.0. The minimum Gasteiger partial charge on any atom is -0.508 e. The van der Waals surface area contributed by atoms with Gasteiger partial charge in [-0.2, -0.15) is 0 Å². The van der Waals surface area contributed by atoms with Crippen molar-refractivity contribution in [3.05, 3.63) is 64.9 Å². The number of hydrogen-bond acceptors (Lipinski definition) is 5. The molecule has 6 heteroatoms. The Hall–Kier alpha value is -3.28. The number of phenolic OH excluding ortho intramolecular Hbond substituents is 2. The third-order valence-corrected chi connectivity index (χ3v) is 5.33. The van der Waals surface area contributed by atoms with Gasteiger partial charge in [0.1, 0.15) is 17.3 Å². The molecule has 1 aliphatic heterocycles. The summed E-state index contributed by atoms with van der Waals surface area (Å²) in [6.07, 6.45) is 3.60. The second kappa shape index (κ2) is 7.99. The highest BCUT2D eigenvalue weighted by atomic mass is 16.3. The molecule has 1 unspecified atom stereocenters. The molecule has 2 aromatic rings. The van der Waals surface area contributed by atoms with Crippen LogP contribution in [0.2, 0.25) is 0 Å². The predicted octanol–water partition coefficient (Wildman–Crippen LogP) is 3.24. The topological polar surface area (TPSA) is 94.0 Å². The Labute approximate surface area is 170 Å². The molecule has 4 rings (SSSR count). The highest BCUT2D eigenvalue weighted by Crippen LogP contribution is 2.34. The van der Waals surface area contributed by atoms with Crippen molar-refractivity contribution in [1.29, 1.82) is 0 Å². The third kappa shape index (κ3) is 4.11. The van der Waals surface area contributed by atoms with Gasteiger partial charge in [-0.25, -0.2) is 4.99 Å². The van der Waals surface area contributed by atoms with Crippen molar-refractivity contribution >= 4 is 17.4 Å². The second-order valence-corrected chi connectivity index (χ2v) is 7.54. The number of phenols is 2. The quantitative estimate of drug-likeness (QED) is 0.644. The average Bonchev–Trinajstić information content (AvgIpc) is 2.70. The molecule has 2 aliphatic rings. The molecule has 150 valence electrons. The van der Waals surface area contributed by atoms with Gasteiger partial charge in [-0.3, -0.25) is 4.79 Å². The van der Waals surface area contributed by atoms with Gasteiger partial charge in [0.15, 0.2) is 0 Å². The molecule has 4 N–H and O–H groups in total. The molecule has 0 radical (unpaired) electrons. The molecule has 1 aliphatic carbocycles. The van der Waals surface area contributed by atoms with Gasteiger partial charge in [-0.1, -0.05) is 25.5 Å². The van der Waals surface area contributed by atoms with Crippen LogP contribution in [0.15, 0.2) is 53.2 Å². The maximum Gasteiger partial charge on any atom is 0.229 e. The number of carbonyl (C=O) groups excluding carboxylic acids is 1. The first kappa shape index (κ1) is 19.1. The molecule has 1 atom stereocenters. The van der Waals surface area contributed by atoms with Crippen LogP contribution in [0.5, 0.6) is 11.5 Å². The fourth-order valence-corrected chi connectivity index (χ4v) is 3.90. The van der Waals surface area contributed by atoms with Crippen molar-refractivity contribution < 1.29 is 15.0 Å². The van der Waals surface area contributed by atoms with Crippen molar-refractivity contribution in [2.75, 3.05) is 0 Å². The molecule has 29 heavy (non-hydrogen) atoms. The van der Waals surface area contributed by atoms with Gasteiger partial charge >= 0.3 is 0 Å². The van der Waals surface area contributed by atoms with Crippen LogP contribution in [0.3, 0.4) is 0 Å². The van der Waals surface area contributed by atoms with Gasteiger partial charge < -0.3 is 20.8 Å². The molecule has 0 bridgehead atoms. The van der Waals surface area contributed by atoms with Gasteiger partial charge in [0, 0.05) is 5.56 Å².